The molecule has 0 amide bonds. The van der Waals surface area contributed by atoms with Crippen molar-refractivity contribution in [3.63, 3.8) is 0 Å². The van der Waals surface area contributed by atoms with Crippen molar-refractivity contribution in [3.05, 3.63) is 48.6 Å². The number of esters is 2. The lowest BCUT2D eigenvalue weighted by atomic mass is 10.1. The van der Waals surface area contributed by atoms with Crippen LogP contribution in [0.1, 0.15) is 239 Å². The number of carbonyl (C=O) groups excluding carboxylic acids is 2. The Balaban J connectivity index is 4.28. The zero-order valence-electron chi connectivity index (χ0n) is 37.4. The molecular weight excluding hydrogens is 693 g/mol. The summed E-state index contributed by atoms with van der Waals surface area (Å²) in [5, 5.41) is 0. The molecule has 0 aliphatic carbocycles. The molecule has 0 N–H and O–H groups in total. The molecule has 1 unspecified atom stereocenters. The largest absolute Gasteiger partial charge is 0.462 e. The van der Waals surface area contributed by atoms with Crippen molar-refractivity contribution in [3.8, 4) is 0 Å². The molecule has 0 aromatic carbocycles. The van der Waals surface area contributed by atoms with Gasteiger partial charge in [0.25, 0.3) is 0 Å². The Labute approximate surface area is 348 Å². The third-order valence-corrected chi connectivity index (χ3v) is 10.3. The standard InChI is InChI=1S/C51H92O5/c1-4-7-10-13-16-19-22-25-26-28-29-32-35-38-41-44-50(52)55-48-49(47-54-46-43-40-37-34-31-24-21-18-15-12-9-6-3)56-51(53)45-42-39-36-33-30-27-23-20-17-14-11-8-5-2/h11,14-15,18,20,23,25-26,49H,4-10,12-13,16-17,19,21-22,24,27-48H2,1-3H3/b14-11-,18-15-,23-20-,26-25-. The van der Waals surface area contributed by atoms with Gasteiger partial charge in [0.1, 0.15) is 6.61 Å². The summed E-state index contributed by atoms with van der Waals surface area (Å²) in [7, 11) is 0. The normalized spacial score (nSPS) is 12.6. The first kappa shape index (κ1) is 53.9. The van der Waals surface area contributed by atoms with Gasteiger partial charge in [-0.2, -0.15) is 0 Å². The topological polar surface area (TPSA) is 61.8 Å². The van der Waals surface area contributed by atoms with Crippen molar-refractivity contribution in [2.24, 2.45) is 0 Å². The van der Waals surface area contributed by atoms with E-state index >= 15 is 0 Å². The van der Waals surface area contributed by atoms with Crippen LogP contribution in [0.15, 0.2) is 48.6 Å². The first-order chi connectivity index (χ1) is 27.6. The van der Waals surface area contributed by atoms with Crippen LogP contribution in [0.5, 0.6) is 0 Å². The van der Waals surface area contributed by atoms with Crippen LogP contribution in [0.2, 0.25) is 0 Å². The van der Waals surface area contributed by atoms with E-state index in [1.54, 1.807) is 0 Å². The predicted octanol–water partition coefficient (Wildman–Crippen LogP) is 16.0. The monoisotopic (exact) mass is 785 g/mol. The molecule has 0 spiro atoms. The van der Waals surface area contributed by atoms with Crippen molar-refractivity contribution in [2.45, 2.75) is 245 Å². The van der Waals surface area contributed by atoms with Gasteiger partial charge in [-0.05, 0) is 89.9 Å². The third kappa shape index (κ3) is 44.6. The molecule has 0 aliphatic rings. The fourth-order valence-corrected chi connectivity index (χ4v) is 6.64. The van der Waals surface area contributed by atoms with Gasteiger partial charge in [0.05, 0.1) is 6.61 Å². The van der Waals surface area contributed by atoms with E-state index in [2.05, 4.69) is 69.4 Å². The summed E-state index contributed by atoms with van der Waals surface area (Å²) >= 11 is 0. The van der Waals surface area contributed by atoms with E-state index in [1.807, 2.05) is 0 Å². The number of unbranched alkanes of at least 4 members (excludes halogenated alkanes) is 25. The predicted molar refractivity (Wildman–Crippen MR) is 242 cm³/mol. The van der Waals surface area contributed by atoms with Crippen LogP contribution in [0.25, 0.3) is 0 Å². The van der Waals surface area contributed by atoms with E-state index in [0.29, 0.717) is 19.4 Å². The van der Waals surface area contributed by atoms with Gasteiger partial charge >= 0.3 is 11.9 Å². The number of hydrogen-bond acceptors (Lipinski definition) is 5. The maximum absolute atomic E-state index is 12.7. The Hall–Kier alpha value is -2.14. The highest BCUT2D eigenvalue weighted by Gasteiger charge is 2.17. The fraction of sp³-hybridized carbons (Fsp3) is 0.804. The number of rotatable bonds is 44. The average Bonchev–Trinajstić information content (AvgIpc) is 3.20. The molecule has 0 fully saturated rings. The molecule has 56 heavy (non-hydrogen) atoms. The number of ether oxygens (including phenoxy) is 3. The van der Waals surface area contributed by atoms with Crippen molar-refractivity contribution < 1.29 is 23.8 Å². The minimum Gasteiger partial charge on any atom is -0.462 e. The maximum Gasteiger partial charge on any atom is 0.306 e. The van der Waals surface area contributed by atoms with Gasteiger partial charge in [-0.25, -0.2) is 0 Å². The Morgan fingerprint density at radius 1 is 0.393 bits per heavy atom. The van der Waals surface area contributed by atoms with E-state index in [4.69, 9.17) is 14.2 Å². The molecule has 0 saturated heterocycles. The van der Waals surface area contributed by atoms with Crippen LogP contribution in [-0.4, -0.2) is 37.9 Å². The van der Waals surface area contributed by atoms with E-state index in [-0.39, 0.29) is 25.2 Å². The van der Waals surface area contributed by atoms with Crippen molar-refractivity contribution in [2.75, 3.05) is 19.8 Å². The van der Waals surface area contributed by atoms with E-state index in [0.717, 1.165) is 70.6 Å². The molecule has 0 aromatic rings. The van der Waals surface area contributed by atoms with Crippen LogP contribution in [0, 0.1) is 0 Å². The molecule has 5 heteroatoms. The number of carbonyl (C=O) groups is 2. The lowest BCUT2D eigenvalue weighted by Crippen LogP contribution is -2.30. The minimum absolute atomic E-state index is 0.0739. The first-order valence-corrected chi connectivity index (χ1v) is 24.2. The average molecular weight is 785 g/mol. The molecule has 0 rings (SSSR count). The smallest absolute Gasteiger partial charge is 0.306 e. The summed E-state index contributed by atoms with van der Waals surface area (Å²) in [6.07, 6.45) is 56.8. The number of allylic oxidation sites excluding steroid dienone is 8. The molecule has 0 saturated carbocycles. The van der Waals surface area contributed by atoms with Crippen LogP contribution >= 0.6 is 0 Å². The third-order valence-electron chi connectivity index (χ3n) is 10.3. The van der Waals surface area contributed by atoms with Gasteiger partial charge in [0, 0.05) is 19.4 Å². The first-order valence-electron chi connectivity index (χ1n) is 24.2. The second-order valence-corrected chi connectivity index (χ2v) is 16.0. The summed E-state index contributed by atoms with van der Waals surface area (Å²) in [5.74, 6) is -0.422. The van der Waals surface area contributed by atoms with E-state index in [1.165, 1.54) is 135 Å². The summed E-state index contributed by atoms with van der Waals surface area (Å²) in [6.45, 7) is 7.70. The quantitative estimate of drug-likeness (QED) is 0.0350. The molecule has 0 heterocycles. The van der Waals surface area contributed by atoms with Gasteiger partial charge in [0.2, 0.25) is 0 Å². The highest BCUT2D eigenvalue weighted by molar-refractivity contribution is 5.70. The highest BCUT2D eigenvalue weighted by atomic mass is 16.6. The Bertz CT molecular complexity index is 935. The molecule has 0 bridgehead atoms. The fourth-order valence-electron chi connectivity index (χ4n) is 6.64. The van der Waals surface area contributed by atoms with Gasteiger partial charge in [-0.1, -0.05) is 185 Å². The number of hydrogen-bond donors (Lipinski definition) is 0. The molecular formula is C51H92O5. The molecule has 0 aliphatic heterocycles. The minimum atomic E-state index is -0.547. The van der Waals surface area contributed by atoms with Crippen LogP contribution in [0.3, 0.4) is 0 Å². The van der Waals surface area contributed by atoms with Gasteiger partial charge in [-0.3, -0.25) is 9.59 Å². The summed E-state index contributed by atoms with van der Waals surface area (Å²) in [5.41, 5.74) is 0. The Kier molecular flexibility index (Phi) is 45.4. The second-order valence-electron chi connectivity index (χ2n) is 16.0. The van der Waals surface area contributed by atoms with Crippen LogP contribution < -0.4 is 0 Å². The Morgan fingerprint density at radius 3 is 1.32 bits per heavy atom. The van der Waals surface area contributed by atoms with Gasteiger partial charge < -0.3 is 14.2 Å². The maximum atomic E-state index is 12.7. The summed E-state index contributed by atoms with van der Waals surface area (Å²) < 4.78 is 17.3. The van der Waals surface area contributed by atoms with Crippen molar-refractivity contribution in [1.82, 2.24) is 0 Å². The van der Waals surface area contributed by atoms with Gasteiger partial charge in [0.15, 0.2) is 6.10 Å². The summed E-state index contributed by atoms with van der Waals surface area (Å²) in [6, 6.07) is 0. The summed E-state index contributed by atoms with van der Waals surface area (Å²) in [4.78, 5) is 25.3. The Morgan fingerprint density at radius 2 is 0.804 bits per heavy atom. The van der Waals surface area contributed by atoms with E-state index in [9.17, 15) is 9.59 Å². The molecule has 1 atom stereocenters. The zero-order valence-corrected chi connectivity index (χ0v) is 37.4. The molecule has 0 aromatic heterocycles. The SMILES string of the molecule is CCC/C=C\C/C=C\CCCCCCCC(=O)OC(COCCCCCCCC/C=C\CCCC)COC(=O)CCCCCCC/C=C\CCCCCCCC. The van der Waals surface area contributed by atoms with Crippen molar-refractivity contribution >= 4 is 11.9 Å². The molecule has 0 radical (unpaired) electrons. The lowest BCUT2D eigenvalue weighted by Gasteiger charge is -2.18. The van der Waals surface area contributed by atoms with Crippen molar-refractivity contribution in [1.29, 1.82) is 0 Å². The van der Waals surface area contributed by atoms with Crippen LogP contribution in [0.4, 0.5) is 0 Å². The highest BCUT2D eigenvalue weighted by Crippen LogP contribution is 2.13. The van der Waals surface area contributed by atoms with E-state index < -0.39 is 6.10 Å². The second kappa shape index (κ2) is 47.2. The van der Waals surface area contributed by atoms with Gasteiger partial charge in [-0.15, -0.1) is 0 Å². The molecule has 326 valence electrons. The lowest BCUT2D eigenvalue weighted by molar-refractivity contribution is -0.163. The zero-order chi connectivity index (χ0) is 40.7. The molecule has 5 nitrogen and oxygen atoms in total. The van der Waals surface area contributed by atoms with Crippen LogP contribution in [-0.2, 0) is 23.8 Å².